The second-order valence-corrected chi connectivity index (χ2v) is 5.93. The van der Waals surface area contributed by atoms with Crippen molar-refractivity contribution in [3.63, 3.8) is 0 Å². The van der Waals surface area contributed by atoms with Crippen LogP contribution in [-0.2, 0) is 0 Å². The van der Waals surface area contributed by atoms with Crippen molar-refractivity contribution in [2.24, 2.45) is 5.92 Å². The fraction of sp³-hybridized carbons (Fsp3) is 0.600. The number of nitrogens with one attached hydrogen (secondary N) is 2. The Morgan fingerprint density at radius 2 is 1.90 bits per heavy atom. The molecular weight excluding hydrogens is 268 g/mol. The molecule has 2 N–H and O–H groups in total. The molecule has 0 saturated carbocycles. The molecule has 0 unspecified atom stereocenters. The minimum Gasteiger partial charge on any atom is -0.384 e. The third-order valence-corrected chi connectivity index (χ3v) is 4.59. The van der Waals surface area contributed by atoms with E-state index in [4.69, 9.17) is 0 Å². The Hall–Kier alpha value is -1.66. The predicted octanol–water partition coefficient (Wildman–Crippen LogP) is 1.69. The average molecular weight is 290 g/mol. The van der Waals surface area contributed by atoms with Crippen LogP contribution in [0.15, 0.2) is 24.3 Å². The molecule has 21 heavy (non-hydrogen) atoms. The number of fused-ring (bicyclic) bond motifs is 3. The van der Waals surface area contributed by atoms with Crippen molar-refractivity contribution in [2.75, 3.05) is 38.0 Å². The van der Waals surface area contributed by atoms with E-state index in [-0.39, 0.29) is 10.6 Å². The lowest BCUT2D eigenvalue weighted by Gasteiger charge is -2.45. The summed E-state index contributed by atoms with van der Waals surface area (Å²) >= 11 is 0. The summed E-state index contributed by atoms with van der Waals surface area (Å²) in [5, 5.41) is 17.5. The van der Waals surface area contributed by atoms with Gasteiger partial charge in [-0.25, -0.2) is 0 Å². The predicted molar refractivity (Wildman–Crippen MR) is 82.5 cm³/mol. The second kappa shape index (κ2) is 6.41. The lowest BCUT2D eigenvalue weighted by atomic mass is 9.84. The van der Waals surface area contributed by atoms with E-state index in [0.717, 1.165) is 24.7 Å². The molecular formula is C15H22N4O2. The van der Waals surface area contributed by atoms with E-state index in [2.05, 4.69) is 15.5 Å². The Bertz CT molecular complexity index is 483. The summed E-state index contributed by atoms with van der Waals surface area (Å²) in [5.41, 5.74) is 1.06. The first kappa shape index (κ1) is 14.3. The quantitative estimate of drug-likeness (QED) is 0.474. The van der Waals surface area contributed by atoms with E-state index < -0.39 is 0 Å². The minimum absolute atomic E-state index is 0.131. The lowest BCUT2D eigenvalue weighted by molar-refractivity contribution is -0.384. The van der Waals surface area contributed by atoms with Gasteiger partial charge in [0.05, 0.1) is 4.92 Å². The fourth-order valence-electron chi connectivity index (χ4n) is 3.36. The van der Waals surface area contributed by atoms with Gasteiger partial charge in [-0.2, -0.15) is 0 Å². The first-order valence-electron chi connectivity index (χ1n) is 7.66. The van der Waals surface area contributed by atoms with Gasteiger partial charge in [0, 0.05) is 43.5 Å². The van der Waals surface area contributed by atoms with Gasteiger partial charge in [0.15, 0.2) is 0 Å². The summed E-state index contributed by atoms with van der Waals surface area (Å²) in [6.45, 7) is 5.48. The highest BCUT2D eigenvalue weighted by molar-refractivity contribution is 5.48. The van der Waals surface area contributed by atoms with Crippen LogP contribution in [0.4, 0.5) is 11.4 Å². The number of piperidine rings is 3. The van der Waals surface area contributed by atoms with E-state index in [0.29, 0.717) is 6.04 Å². The molecule has 1 aromatic rings. The van der Waals surface area contributed by atoms with E-state index >= 15 is 0 Å². The van der Waals surface area contributed by atoms with Gasteiger partial charge in [0.25, 0.3) is 5.69 Å². The number of nitrogens with zero attached hydrogens (tertiary/aromatic N) is 2. The number of anilines is 1. The highest BCUT2D eigenvalue weighted by atomic mass is 16.6. The van der Waals surface area contributed by atoms with Crippen LogP contribution in [0.2, 0.25) is 0 Å². The number of non-ortho nitro benzene ring substituents is 1. The average Bonchev–Trinajstić information content (AvgIpc) is 2.53. The molecule has 6 nitrogen and oxygen atoms in total. The van der Waals surface area contributed by atoms with Crippen LogP contribution in [0, 0.1) is 16.0 Å². The number of hydrogen-bond acceptors (Lipinski definition) is 5. The molecule has 3 fully saturated rings. The van der Waals surface area contributed by atoms with Crippen LogP contribution in [0.25, 0.3) is 0 Å². The van der Waals surface area contributed by atoms with Gasteiger partial charge in [-0.15, -0.1) is 0 Å². The molecule has 2 bridgehead atoms. The lowest BCUT2D eigenvalue weighted by Crippen LogP contribution is -2.56. The molecule has 6 heteroatoms. The molecule has 114 valence electrons. The molecule has 0 radical (unpaired) electrons. The zero-order chi connectivity index (χ0) is 14.7. The van der Waals surface area contributed by atoms with Crippen molar-refractivity contribution in [1.82, 2.24) is 10.2 Å². The molecule has 3 aliphatic heterocycles. The maximum absolute atomic E-state index is 10.6. The highest BCUT2D eigenvalue weighted by Gasteiger charge is 2.33. The second-order valence-electron chi connectivity index (χ2n) is 5.93. The number of nitro groups is 1. The summed E-state index contributed by atoms with van der Waals surface area (Å²) in [7, 11) is 0. The van der Waals surface area contributed by atoms with Gasteiger partial charge in [-0.1, -0.05) is 0 Å². The Morgan fingerprint density at radius 3 is 2.48 bits per heavy atom. The molecule has 0 amide bonds. The summed E-state index contributed by atoms with van der Waals surface area (Å²) in [6.07, 6.45) is 2.65. The van der Waals surface area contributed by atoms with E-state index in [9.17, 15) is 10.1 Å². The maximum atomic E-state index is 10.6. The maximum Gasteiger partial charge on any atom is 0.269 e. The van der Waals surface area contributed by atoms with Crippen molar-refractivity contribution >= 4 is 11.4 Å². The largest absolute Gasteiger partial charge is 0.384 e. The molecule has 0 aliphatic carbocycles. The van der Waals surface area contributed by atoms with Crippen LogP contribution in [0.3, 0.4) is 0 Å². The van der Waals surface area contributed by atoms with Crippen LogP contribution in [0.1, 0.15) is 12.8 Å². The van der Waals surface area contributed by atoms with Gasteiger partial charge in [0.1, 0.15) is 0 Å². The zero-order valence-electron chi connectivity index (χ0n) is 12.1. The van der Waals surface area contributed by atoms with Gasteiger partial charge in [0.2, 0.25) is 0 Å². The van der Waals surface area contributed by atoms with Crippen molar-refractivity contribution in [2.45, 2.75) is 18.9 Å². The van der Waals surface area contributed by atoms with Gasteiger partial charge < -0.3 is 15.5 Å². The molecule has 0 aromatic heterocycles. The molecule has 1 aromatic carbocycles. The molecule has 0 spiro atoms. The molecule has 3 saturated heterocycles. The van der Waals surface area contributed by atoms with Crippen molar-refractivity contribution in [3.05, 3.63) is 34.4 Å². The summed E-state index contributed by atoms with van der Waals surface area (Å²) in [6, 6.07) is 7.21. The summed E-state index contributed by atoms with van der Waals surface area (Å²) < 4.78 is 0. The summed E-state index contributed by atoms with van der Waals surface area (Å²) in [4.78, 5) is 12.7. The summed E-state index contributed by atoms with van der Waals surface area (Å²) in [5.74, 6) is 0.842. The first-order valence-corrected chi connectivity index (χ1v) is 7.66. The Labute approximate surface area is 124 Å². The Morgan fingerprint density at radius 1 is 1.19 bits per heavy atom. The molecule has 4 rings (SSSR count). The van der Waals surface area contributed by atoms with E-state index in [1.165, 1.54) is 44.6 Å². The van der Waals surface area contributed by atoms with Crippen LogP contribution >= 0.6 is 0 Å². The van der Waals surface area contributed by atoms with E-state index in [1.807, 2.05) is 0 Å². The topological polar surface area (TPSA) is 70.4 Å². The van der Waals surface area contributed by atoms with Crippen molar-refractivity contribution in [3.8, 4) is 0 Å². The van der Waals surface area contributed by atoms with Crippen LogP contribution < -0.4 is 10.6 Å². The van der Waals surface area contributed by atoms with E-state index in [1.54, 1.807) is 12.1 Å². The molecule has 3 heterocycles. The first-order chi connectivity index (χ1) is 10.2. The zero-order valence-corrected chi connectivity index (χ0v) is 12.1. The number of nitro benzene ring substituents is 1. The third kappa shape index (κ3) is 3.51. The van der Waals surface area contributed by atoms with Crippen LogP contribution in [0.5, 0.6) is 0 Å². The highest BCUT2D eigenvalue weighted by Crippen LogP contribution is 2.27. The Balaban J connectivity index is 1.39. The van der Waals surface area contributed by atoms with Crippen molar-refractivity contribution < 1.29 is 4.92 Å². The number of hydrogen-bond donors (Lipinski definition) is 2. The monoisotopic (exact) mass is 290 g/mol. The normalized spacial score (nSPS) is 27.5. The van der Waals surface area contributed by atoms with Gasteiger partial charge in [-0.3, -0.25) is 10.1 Å². The van der Waals surface area contributed by atoms with Crippen LogP contribution in [-0.4, -0.2) is 48.6 Å². The Kier molecular flexibility index (Phi) is 4.36. The van der Waals surface area contributed by atoms with Crippen molar-refractivity contribution in [1.29, 1.82) is 0 Å². The molecule has 3 aliphatic rings. The SMILES string of the molecule is O=[N+]([O-])c1ccc(NCCN[C@H]2CN3CCC2CC3)cc1. The number of rotatable bonds is 6. The smallest absolute Gasteiger partial charge is 0.269 e. The fourth-order valence-corrected chi connectivity index (χ4v) is 3.36. The molecule has 1 atom stereocenters. The standard InChI is InChI=1S/C15H22N4O2/c20-19(21)14-3-1-13(2-4-14)16-7-8-17-15-11-18-9-5-12(15)6-10-18/h1-4,12,15-17H,5-11H2/t15-/m0/s1. The minimum atomic E-state index is -0.376. The number of benzene rings is 1. The van der Waals surface area contributed by atoms with Gasteiger partial charge in [-0.05, 0) is 44.0 Å². The van der Waals surface area contributed by atoms with Gasteiger partial charge >= 0.3 is 0 Å². The third-order valence-electron chi connectivity index (χ3n) is 4.59.